The molecule has 0 bridgehead atoms. The minimum atomic E-state index is -1.37. The summed E-state index contributed by atoms with van der Waals surface area (Å²) in [5.74, 6) is -2.01. The second-order valence-electron chi connectivity index (χ2n) is 5.94. The molecule has 1 aromatic heterocycles. The molecule has 0 radical (unpaired) electrons. The lowest BCUT2D eigenvalue weighted by molar-refractivity contribution is -0.194. The Morgan fingerprint density at radius 1 is 1.21 bits per heavy atom. The molecule has 2 heterocycles. The topological polar surface area (TPSA) is 114 Å². The van der Waals surface area contributed by atoms with Crippen LogP contribution in [-0.2, 0) is 19.1 Å². The number of benzene rings is 1. The van der Waals surface area contributed by atoms with Gasteiger partial charge in [-0.2, -0.15) is 9.78 Å². The van der Waals surface area contributed by atoms with Crippen molar-refractivity contribution in [3.63, 3.8) is 0 Å². The number of nitrogens with zero attached hydrogens (tertiary/aromatic N) is 2. The first-order valence-corrected chi connectivity index (χ1v) is 7.16. The van der Waals surface area contributed by atoms with Crippen LogP contribution in [0.15, 0.2) is 36.5 Å². The summed E-state index contributed by atoms with van der Waals surface area (Å²) in [5, 5.41) is 4.76. The van der Waals surface area contributed by atoms with Crippen molar-refractivity contribution < 1.29 is 23.9 Å². The van der Waals surface area contributed by atoms with Gasteiger partial charge in [-0.25, -0.2) is 9.59 Å². The summed E-state index contributed by atoms with van der Waals surface area (Å²) in [6.07, 6.45) is 2.05. The molecule has 1 aliphatic heterocycles. The molecule has 3 rings (SSSR count). The van der Waals surface area contributed by atoms with Crippen LogP contribution in [-0.4, -0.2) is 33.9 Å². The van der Waals surface area contributed by atoms with E-state index in [9.17, 15) is 14.4 Å². The Morgan fingerprint density at radius 2 is 1.83 bits per heavy atom. The van der Waals surface area contributed by atoms with Crippen LogP contribution in [0.1, 0.15) is 18.6 Å². The highest BCUT2D eigenvalue weighted by Gasteiger charge is 2.44. The largest absolute Gasteiger partial charge is 0.421 e. The van der Waals surface area contributed by atoms with Crippen molar-refractivity contribution in [2.75, 3.05) is 5.73 Å². The number of carbonyl (C=O) groups is 3. The summed E-state index contributed by atoms with van der Waals surface area (Å²) in [7, 11) is 0. The van der Waals surface area contributed by atoms with E-state index in [1.165, 1.54) is 24.7 Å². The van der Waals surface area contributed by atoms with Crippen LogP contribution >= 0.6 is 0 Å². The molecule has 0 fully saturated rings. The van der Waals surface area contributed by atoms with Crippen LogP contribution in [0.5, 0.6) is 0 Å². The van der Waals surface area contributed by atoms with Crippen LogP contribution in [0, 0.1) is 5.41 Å². The zero-order chi connectivity index (χ0) is 17.5. The molecule has 2 aromatic rings. The minimum Gasteiger partial charge on any atom is -0.421 e. The number of esters is 2. The first kappa shape index (κ1) is 15.7. The van der Waals surface area contributed by atoms with E-state index in [2.05, 4.69) is 5.10 Å². The van der Waals surface area contributed by atoms with Crippen molar-refractivity contribution >= 4 is 34.4 Å². The van der Waals surface area contributed by atoms with E-state index in [4.69, 9.17) is 15.2 Å². The lowest BCUT2D eigenvalue weighted by Gasteiger charge is -2.29. The minimum absolute atomic E-state index is 0.491. The third-order valence-corrected chi connectivity index (χ3v) is 3.73. The van der Waals surface area contributed by atoms with Gasteiger partial charge in [0, 0.05) is 23.2 Å². The molecule has 0 saturated heterocycles. The molecule has 0 spiro atoms. The SMILES string of the molecule is CC(C)(C(=O)n1ncc2cc(N)ccc21)C1OC(=O)C=CC(=O)O1. The number of aromatic nitrogens is 2. The van der Waals surface area contributed by atoms with Crippen LogP contribution in [0.3, 0.4) is 0 Å². The number of nitrogen functional groups attached to an aromatic ring is 1. The first-order valence-electron chi connectivity index (χ1n) is 7.16. The third kappa shape index (κ3) is 2.62. The summed E-state index contributed by atoms with van der Waals surface area (Å²) in [6, 6.07) is 5.00. The second kappa shape index (κ2) is 5.48. The van der Waals surface area contributed by atoms with Crippen LogP contribution in [0.2, 0.25) is 0 Å². The highest BCUT2D eigenvalue weighted by atomic mass is 16.7. The van der Waals surface area contributed by atoms with Crippen molar-refractivity contribution in [2.24, 2.45) is 5.41 Å². The van der Waals surface area contributed by atoms with Gasteiger partial charge >= 0.3 is 11.9 Å². The Kier molecular flexibility index (Phi) is 3.59. The predicted octanol–water partition coefficient (Wildman–Crippen LogP) is 1.27. The molecule has 0 atom stereocenters. The van der Waals surface area contributed by atoms with Crippen molar-refractivity contribution in [2.45, 2.75) is 20.1 Å². The normalized spacial score (nSPS) is 15.9. The molecule has 0 unspecified atom stereocenters. The number of cyclic esters (lactones) is 2. The number of hydrogen-bond donors (Lipinski definition) is 1. The van der Waals surface area contributed by atoms with Crippen LogP contribution in [0.25, 0.3) is 10.9 Å². The van der Waals surface area contributed by atoms with E-state index < -0.39 is 29.6 Å². The highest BCUT2D eigenvalue weighted by molar-refractivity contribution is 5.96. The van der Waals surface area contributed by atoms with Gasteiger partial charge in [0.25, 0.3) is 12.2 Å². The van der Waals surface area contributed by atoms with Crippen LogP contribution < -0.4 is 5.73 Å². The standard InChI is InChI=1S/C16H15N3O5/c1-16(2,15-23-12(20)5-6-13(21)24-15)14(22)19-11-4-3-10(17)7-9(11)8-18-19/h3-8,15H,17H2,1-2H3. The summed E-state index contributed by atoms with van der Waals surface area (Å²) in [6.45, 7) is 3.02. The number of rotatable bonds is 2. The molecule has 0 saturated carbocycles. The van der Waals surface area contributed by atoms with Crippen molar-refractivity contribution in [3.8, 4) is 0 Å². The monoisotopic (exact) mass is 329 g/mol. The molecule has 24 heavy (non-hydrogen) atoms. The average Bonchev–Trinajstić information content (AvgIpc) is 2.85. The van der Waals surface area contributed by atoms with E-state index in [-0.39, 0.29) is 0 Å². The van der Waals surface area contributed by atoms with Gasteiger partial charge in [-0.15, -0.1) is 0 Å². The summed E-state index contributed by atoms with van der Waals surface area (Å²) < 4.78 is 11.3. The Hall–Kier alpha value is -3.16. The number of ether oxygens (including phenoxy) is 2. The molecule has 0 amide bonds. The summed E-state index contributed by atoms with van der Waals surface area (Å²) >= 11 is 0. The number of anilines is 1. The first-order chi connectivity index (χ1) is 11.3. The quantitative estimate of drug-likeness (QED) is 0.652. The number of carbonyl (C=O) groups excluding carboxylic acids is 3. The second-order valence-corrected chi connectivity index (χ2v) is 5.94. The molecule has 124 valence electrons. The van der Waals surface area contributed by atoms with Crippen molar-refractivity contribution in [3.05, 3.63) is 36.5 Å². The maximum absolute atomic E-state index is 12.9. The number of fused-ring (bicyclic) bond motifs is 1. The lowest BCUT2D eigenvalue weighted by atomic mass is 9.91. The Balaban J connectivity index is 1.97. The summed E-state index contributed by atoms with van der Waals surface area (Å²) in [4.78, 5) is 36.0. The Labute approximate surface area is 136 Å². The van der Waals surface area contributed by atoms with Gasteiger partial charge < -0.3 is 15.2 Å². The molecule has 8 nitrogen and oxygen atoms in total. The zero-order valence-corrected chi connectivity index (χ0v) is 13.1. The van der Waals surface area contributed by atoms with Crippen molar-refractivity contribution in [1.82, 2.24) is 9.78 Å². The van der Waals surface area contributed by atoms with E-state index in [1.54, 1.807) is 18.2 Å². The molecule has 1 aliphatic rings. The lowest BCUT2D eigenvalue weighted by Crippen LogP contribution is -2.44. The molecular formula is C16H15N3O5. The maximum Gasteiger partial charge on any atom is 0.334 e. The molecule has 1 aromatic carbocycles. The molecule has 2 N–H and O–H groups in total. The van der Waals surface area contributed by atoms with Crippen LogP contribution in [0.4, 0.5) is 5.69 Å². The average molecular weight is 329 g/mol. The van der Waals surface area contributed by atoms with Gasteiger partial charge in [0.2, 0.25) is 0 Å². The maximum atomic E-state index is 12.9. The van der Waals surface area contributed by atoms with Gasteiger partial charge in [-0.3, -0.25) is 4.79 Å². The van der Waals surface area contributed by atoms with Gasteiger partial charge in [0.15, 0.2) is 0 Å². The Morgan fingerprint density at radius 3 is 2.46 bits per heavy atom. The Bertz CT molecular complexity index is 861. The summed E-state index contributed by atoms with van der Waals surface area (Å²) in [5.41, 5.74) is 5.46. The molecule has 8 heteroatoms. The number of hydrogen-bond acceptors (Lipinski definition) is 7. The van der Waals surface area contributed by atoms with Gasteiger partial charge in [0.05, 0.1) is 11.7 Å². The van der Waals surface area contributed by atoms with Crippen molar-refractivity contribution in [1.29, 1.82) is 0 Å². The predicted molar refractivity (Wildman–Crippen MR) is 83.7 cm³/mol. The molecular weight excluding hydrogens is 314 g/mol. The van der Waals surface area contributed by atoms with E-state index in [0.29, 0.717) is 16.6 Å². The van der Waals surface area contributed by atoms with E-state index >= 15 is 0 Å². The number of nitrogens with two attached hydrogens (primary N) is 1. The zero-order valence-electron chi connectivity index (χ0n) is 13.1. The van der Waals surface area contributed by atoms with E-state index in [1.807, 2.05) is 0 Å². The molecule has 0 aliphatic carbocycles. The fraction of sp³-hybridized carbons (Fsp3) is 0.250. The van der Waals surface area contributed by atoms with Gasteiger partial charge in [-0.1, -0.05) is 0 Å². The fourth-order valence-corrected chi connectivity index (χ4v) is 2.33. The van der Waals surface area contributed by atoms with Gasteiger partial charge in [-0.05, 0) is 32.0 Å². The third-order valence-electron chi connectivity index (χ3n) is 3.73. The smallest absolute Gasteiger partial charge is 0.334 e. The highest BCUT2D eigenvalue weighted by Crippen LogP contribution is 2.30. The fourth-order valence-electron chi connectivity index (χ4n) is 2.33. The van der Waals surface area contributed by atoms with Gasteiger partial charge in [0.1, 0.15) is 5.41 Å². The van der Waals surface area contributed by atoms with E-state index in [0.717, 1.165) is 12.2 Å².